The lowest BCUT2D eigenvalue weighted by Crippen LogP contribution is -2.47. The van der Waals surface area contributed by atoms with Crippen molar-refractivity contribution in [1.82, 2.24) is 9.47 Å². The third-order valence-corrected chi connectivity index (χ3v) is 7.62. The van der Waals surface area contributed by atoms with E-state index in [-0.39, 0.29) is 35.3 Å². The van der Waals surface area contributed by atoms with Crippen molar-refractivity contribution >= 4 is 46.1 Å². The summed E-state index contributed by atoms with van der Waals surface area (Å²) in [7, 11) is 1.67. The van der Waals surface area contributed by atoms with E-state index in [9.17, 15) is 14.9 Å². The average molecular weight is 489 g/mol. The molecule has 0 aliphatic carbocycles. The van der Waals surface area contributed by atoms with Gasteiger partial charge in [-0.25, -0.2) is 0 Å². The van der Waals surface area contributed by atoms with Gasteiger partial charge >= 0.3 is 0 Å². The number of ether oxygens (including phenoxy) is 2. The molecule has 3 aliphatic rings. The van der Waals surface area contributed by atoms with Crippen molar-refractivity contribution in [2.24, 2.45) is 7.05 Å². The second-order valence-corrected chi connectivity index (χ2v) is 10.5. The first-order valence-electron chi connectivity index (χ1n) is 11.1. The zero-order valence-corrected chi connectivity index (χ0v) is 20.9. The summed E-state index contributed by atoms with van der Waals surface area (Å²) < 4.78 is 13.6. The zero-order valence-electron chi connectivity index (χ0n) is 19.3. The summed E-state index contributed by atoms with van der Waals surface area (Å²) >= 11 is 6.75. The number of carbonyl (C=O) groups is 1. The van der Waals surface area contributed by atoms with Crippen LogP contribution in [-0.2, 0) is 21.3 Å². The number of nitriles is 1. The Kier molecular flexibility index (Phi) is 6.96. The van der Waals surface area contributed by atoms with Crippen molar-refractivity contribution in [2.75, 3.05) is 31.1 Å². The van der Waals surface area contributed by atoms with Crippen molar-refractivity contribution in [3.05, 3.63) is 31.9 Å². The highest BCUT2D eigenvalue weighted by molar-refractivity contribution is 8.26. The highest BCUT2D eigenvalue weighted by Gasteiger charge is 2.36. The molecule has 3 aliphatic heterocycles. The molecule has 3 saturated heterocycles. The maximum absolute atomic E-state index is 13.2. The number of carbonyl (C=O) groups excluding carboxylic acids is 1. The molecule has 0 N–H and O–H groups in total. The van der Waals surface area contributed by atoms with Gasteiger partial charge in [0.1, 0.15) is 21.8 Å². The summed E-state index contributed by atoms with van der Waals surface area (Å²) in [4.78, 5) is 30.4. The van der Waals surface area contributed by atoms with Gasteiger partial charge in [0.25, 0.3) is 11.5 Å². The molecule has 1 aromatic heterocycles. The van der Waals surface area contributed by atoms with Crippen molar-refractivity contribution in [1.29, 1.82) is 5.26 Å². The molecule has 3 unspecified atom stereocenters. The van der Waals surface area contributed by atoms with Crippen molar-refractivity contribution < 1.29 is 14.3 Å². The summed E-state index contributed by atoms with van der Waals surface area (Å²) in [5.74, 6) is 0.518. The minimum absolute atomic E-state index is 0.00297. The fourth-order valence-electron chi connectivity index (χ4n) is 4.73. The zero-order chi connectivity index (χ0) is 23.9. The molecule has 8 nitrogen and oxygen atoms in total. The molecular weight excluding hydrogens is 460 g/mol. The first kappa shape index (κ1) is 24.0. The van der Waals surface area contributed by atoms with Crippen LogP contribution in [-0.4, -0.2) is 64.2 Å². The third kappa shape index (κ3) is 4.60. The van der Waals surface area contributed by atoms with Gasteiger partial charge in [0.15, 0.2) is 0 Å². The summed E-state index contributed by atoms with van der Waals surface area (Å²) in [6.45, 7) is 8.11. The van der Waals surface area contributed by atoms with Crippen molar-refractivity contribution in [3.8, 4) is 6.07 Å². The van der Waals surface area contributed by atoms with Crippen LogP contribution in [0, 0.1) is 18.3 Å². The Morgan fingerprint density at radius 3 is 2.58 bits per heavy atom. The van der Waals surface area contributed by atoms with Gasteiger partial charge in [0.2, 0.25) is 0 Å². The maximum Gasteiger partial charge on any atom is 0.270 e. The summed E-state index contributed by atoms with van der Waals surface area (Å²) in [5.41, 5.74) is 0.982. The van der Waals surface area contributed by atoms with Crippen LogP contribution in [0.15, 0.2) is 9.70 Å². The molecular formula is C23H28N4O4S2. The predicted octanol–water partition coefficient (Wildman–Crippen LogP) is 2.56. The Bertz CT molecular complexity index is 1110. The molecule has 0 radical (unpaired) electrons. The average Bonchev–Trinajstić information content (AvgIpc) is 3.36. The van der Waals surface area contributed by atoms with Gasteiger partial charge in [-0.3, -0.25) is 19.1 Å². The second-order valence-electron chi connectivity index (χ2n) is 8.80. The molecule has 176 valence electrons. The van der Waals surface area contributed by atoms with Gasteiger partial charge < -0.3 is 14.4 Å². The second kappa shape index (κ2) is 9.58. The summed E-state index contributed by atoms with van der Waals surface area (Å²) in [5, 5.41) is 9.66. The molecule has 1 amide bonds. The SMILES string of the molecule is Cc1c(/C=C2\SC(=S)N(CC3CCCO3)C2=O)c(N2CC(C)OC(C)C2)n(C)c(=O)c1C#N. The van der Waals surface area contributed by atoms with E-state index in [4.69, 9.17) is 21.7 Å². The van der Waals surface area contributed by atoms with E-state index in [1.54, 1.807) is 24.9 Å². The van der Waals surface area contributed by atoms with E-state index in [1.807, 2.05) is 19.9 Å². The molecule has 0 aromatic carbocycles. The number of morpholine rings is 1. The van der Waals surface area contributed by atoms with Gasteiger partial charge in [0.05, 0.1) is 29.8 Å². The number of hydrogen-bond acceptors (Lipinski definition) is 8. The number of aromatic nitrogens is 1. The van der Waals surface area contributed by atoms with E-state index < -0.39 is 0 Å². The Labute approximate surface area is 203 Å². The number of pyridine rings is 1. The maximum atomic E-state index is 13.2. The summed E-state index contributed by atoms with van der Waals surface area (Å²) in [6.07, 6.45) is 3.66. The third-order valence-electron chi connectivity index (χ3n) is 6.25. The predicted molar refractivity (Wildman–Crippen MR) is 132 cm³/mol. The lowest BCUT2D eigenvalue weighted by molar-refractivity contribution is -0.123. The molecule has 33 heavy (non-hydrogen) atoms. The van der Waals surface area contributed by atoms with E-state index in [0.29, 0.717) is 52.4 Å². The van der Waals surface area contributed by atoms with Gasteiger partial charge in [-0.05, 0) is 45.3 Å². The quantitative estimate of drug-likeness (QED) is 0.472. The Morgan fingerprint density at radius 1 is 1.27 bits per heavy atom. The molecule has 0 saturated carbocycles. The Hall–Kier alpha value is -2.19. The Morgan fingerprint density at radius 2 is 1.97 bits per heavy atom. The van der Waals surface area contributed by atoms with Crippen LogP contribution in [0.1, 0.15) is 43.4 Å². The standard InChI is InChI=1S/C23H28N4O4S2/c1-13-10-26(11-14(2)31-13)20-17(15(3)18(9-24)21(28)25(20)4)8-19-22(29)27(23(32)33-19)12-16-6-5-7-30-16/h8,13-14,16H,5-7,10-12H2,1-4H3/b19-8-. The summed E-state index contributed by atoms with van der Waals surface area (Å²) in [6, 6.07) is 2.04. The number of anilines is 1. The van der Waals surface area contributed by atoms with Crippen LogP contribution >= 0.6 is 24.0 Å². The van der Waals surface area contributed by atoms with E-state index in [1.165, 1.54) is 16.3 Å². The number of amides is 1. The van der Waals surface area contributed by atoms with Gasteiger partial charge in [0, 0.05) is 32.3 Å². The minimum atomic E-state index is -0.347. The fourth-order valence-corrected chi connectivity index (χ4v) is 5.98. The molecule has 4 heterocycles. The number of thiocarbonyl (C=S) groups is 1. The fraction of sp³-hybridized carbons (Fsp3) is 0.565. The highest BCUT2D eigenvalue weighted by atomic mass is 32.2. The molecule has 10 heteroatoms. The molecule has 4 rings (SSSR count). The molecule has 0 spiro atoms. The highest BCUT2D eigenvalue weighted by Crippen LogP contribution is 2.36. The molecule has 3 fully saturated rings. The molecule has 0 bridgehead atoms. The Balaban J connectivity index is 1.78. The lowest BCUT2D eigenvalue weighted by Gasteiger charge is -2.38. The molecule has 3 atom stereocenters. The van der Waals surface area contributed by atoms with Gasteiger partial charge in [-0.15, -0.1) is 0 Å². The lowest BCUT2D eigenvalue weighted by atomic mass is 10.0. The van der Waals surface area contributed by atoms with Gasteiger partial charge in [-0.2, -0.15) is 5.26 Å². The number of nitrogens with zero attached hydrogens (tertiary/aromatic N) is 4. The number of rotatable bonds is 4. The van der Waals surface area contributed by atoms with Crippen LogP contribution in [0.2, 0.25) is 0 Å². The normalized spacial score (nSPS) is 27.0. The minimum Gasteiger partial charge on any atom is -0.376 e. The van der Waals surface area contributed by atoms with Crippen LogP contribution in [0.3, 0.4) is 0 Å². The first-order chi connectivity index (χ1) is 15.7. The van der Waals surface area contributed by atoms with Crippen molar-refractivity contribution in [2.45, 2.75) is 51.9 Å². The van der Waals surface area contributed by atoms with Gasteiger partial charge in [-0.1, -0.05) is 24.0 Å². The van der Waals surface area contributed by atoms with Crippen molar-refractivity contribution in [3.63, 3.8) is 0 Å². The topological polar surface area (TPSA) is 87.8 Å². The monoisotopic (exact) mass is 488 g/mol. The van der Waals surface area contributed by atoms with Crippen LogP contribution in [0.25, 0.3) is 6.08 Å². The smallest absolute Gasteiger partial charge is 0.270 e. The van der Waals surface area contributed by atoms with E-state index in [2.05, 4.69) is 4.90 Å². The molecule has 1 aromatic rings. The number of thioether (sulfide) groups is 1. The number of hydrogen-bond donors (Lipinski definition) is 0. The first-order valence-corrected chi connectivity index (χ1v) is 12.3. The van der Waals surface area contributed by atoms with E-state index in [0.717, 1.165) is 12.8 Å². The van der Waals surface area contributed by atoms with Crippen LogP contribution < -0.4 is 10.5 Å². The van der Waals surface area contributed by atoms with Crippen LogP contribution in [0.5, 0.6) is 0 Å². The largest absolute Gasteiger partial charge is 0.376 e. The van der Waals surface area contributed by atoms with E-state index >= 15 is 0 Å². The van der Waals surface area contributed by atoms with Crippen LogP contribution in [0.4, 0.5) is 5.82 Å².